The third kappa shape index (κ3) is 3.10. The lowest BCUT2D eigenvalue weighted by Crippen LogP contribution is -2.15. The van der Waals surface area contributed by atoms with Crippen LogP contribution >= 0.6 is 0 Å². The number of carboxylic acid groups (broad SMARTS) is 1. The minimum absolute atomic E-state index is 0.0535. The van der Waals surface area contributed by atoms with Gasteiger partial charge in [-0.3, -0.25) is 0 Å². The monoisotopic (exact) mass is 340 g/mol. The van der Waals surface area contributed by atoms with Crippen LogP contribution < -0.4 is 4.74 Å². The number of hydrogen-bond acceptors (Lipinski definition) is 3. The number of benzene rings is 2. The number of aromatic nitrogens is 2. The van der Waals surface area contributed by atoms with Crippen LogP contribution in [0.15, 0.2) is 54.7 Å². The van der Waals surface area contributed by atoms with Gasteiger partial charge in [0.05, 0.1) is 24.9 Å². The second-order valence-electron chi connectivity index (χ2n) is 5.57. The SMILES string of the molecule is COc1cc(F)ccc1-c1ncc(C(=O)O)n1[C@H](C)c1ccccc1. The highest BCUT2D eigenvalue weighted by atomic mass is 19.1. The normalized spacial score (nSPS) is 12.0. The largest absolute Gasteiger partial charge is 0.496 e. The molecule has 0 spiro atoms. The van der Waals surface area contributed by atoms with Crippen molar-refractivity contribution in [2.75, 3.05) is 7.11 Å². The quantitative estimate of drug-likeness (QED) is 0.762. The van der Waals surface area contributed by atoms with E-state index in [1.54, 1.807) is 4.57 Å². The lowest BCUT2D eigenvalue weighted by Gasteiger charge is -2.19. The maximum absolute atomic E-state index is 13.5. The van der Waals surface area contributed by atoms with Crippen LogP contribution in [0.1, 0.15) is 29.0 Å². The Kier molecular flexibility index (Phi) is 4.52. The van der Waals surface area contributed by atoms with E-state index in [9.17, 15) is 14.3 Å². The molecule has 3 aromatic rings. The molecule has 25 heavy (non-hydrogen) atoms. The summed E-state index contributed by atoms with van der Waals surface area (Å²) in [6, 6.07) is 13.3. The molecule has 0 aliphatic carbocycles. The molecule has 1 atom stereocenters. The Morgan fingerprint density at radius 3 is 2.60 bits per heavy atom. The third-order valence-corrected chi connectivity index (χ3v) is 4.09. The summed E-state index contributed by atoms with van der Waals surface area (Å²) < 4.78 is 20.4. The Bertz CT molecular complexity index is 906. The van der Waals surface area contributed by atoms with Crippen LogP contribution in [0, 0.1) is 5.82 Å². The fraction of sp³-hybridized carbons (Fsp3) is 0.158. The first kappa shape index (κ1) is 16.7. The second-order valence-corrected chi connectivity index (χ2v) is 5.57. The van der Waals surface area contributed by atoms with Gasteiger partial charge in [-0.05, 0) is 24.6 Å². The van der Waals surface area contributed by atoms with Crippen LogP contribution in [-0.4, -0.2) is 27.7 Å². The van der Waals surface area contributed by atoms with Gasteiger partial charge in [0.2, 0.25) is 0 Å². The number of hydrogen-bond donors (Lipinski definition) is 1. The fourth-order valence-corrected chi connectivity index (χ4v) is 2.84. The average Bonchev–Trinajstić information content (AvgIpc) is 3.06. The zero-order valence-corrected chi connectivity index (χ0v) is 13.8. The van der Waals surface area contributed by atoms with Crippen molar-refractivity contribution >= 4 is 5.97 Å². The fourth-order valence-electron chi connectivity index (χ4n) is 2.84. The Labute approximate surface area is 144 Å². The first-order valence-electron chi connectivity index (χ1n) is 7.72. The first-order valence-corrected chi connectivity index (χ1v) is 7.72. The van der Waals surface area contributed by atoms with Gasteiger partial charge in [0.15, 0.2) is 0 Å². The van der Waals surface area contributed by atoms with Crippen molar-refractivity contribution in [2.45, 2.75) is 13.0 Å². The minimum Gasteiger partial charge on any atom is -0.496 e. The van der Waals surface area contributed by atoms with E-state index >= 15 is 0 Å². The van der Waals surface area contributed by atoms with Gasteiger partial charge in [0, 0.05) is 6.07 Å². The molecule has 1 aromatic heterocycles. The van der Waals surface area contributed by atoms with Crippen LogP contribution in [0.3, 0.4) is 0 Å². The topological polar surface area (TPSA) is 64.3 Å². The summed E-state index contributed by atoms with van der Waals surface area (Å²) in [7, 11) is 1.43. The molecule has 0 bridgehead atoms. The predicted octanol–water partition coefficient (Wildman–Crippen LogP) is 4.01. The van der Waals surface area contributed by atoms with Gasteiger partial charge in [-0.2, -0.15) is 0 Å². The van der Waals surface area contributed by atoms with Crippen molar-refractivity contribution in [1.29, 1.82) is 0 Å². The van der Waals surface area contributed by atoms with E-state index in [0.29, 0.717) is 17.1 Å². The Hall–Kier alpha value is -3.15. The predicted molar refractivity (Wildman–Crippen MR) is 91.4 cm³/mol. The molecule has 0 aliphatic heterocycles. The number of rotatable bonds is 5. The maximum Gasteiger partial charge on any atom is 0.354 e. The van der Waals surface area contributed by atoms with Crippen molar-refractivity contribution in [3.8, 4) is 17.1 Å². The van der Waals surface area contributed by atoms with Gasteiger partial charge in [0.1, 0.15) is 23.1 Å². The number of ether oxygens (including phenoxy) is 1. The summed E-state index contributed by atoms with van der Waals surface area (Å²) in [6.45, 7) is 1.89. The van der Waals surface area contributed by atoms with E-state index in [-0.39, 0.29) is 11.7 Å². The number of nitrogens with zero attached hydrogens (tertiary/aromatic N) is 2. The van der Waals surface area contributed by atoms with Crippen molar-refractivity contribution < 1.29 is 19.0 Å². The lowest BCUT2D eigenvalue weighted by atomic mass is 10.1. The number of carboxylic acids is 1. The summed E-state index contributed by atoms with van der Waals surface area (Å²) in [4.78, 5) is 15.9. The highest BCUT2D eigenvalue weighted by Crippen LogP contribution is 2.33. The first-order chi connectivity index (χ1) is 12.0. The zero-order chi connectivity index (χ0) is 18.0. The number of halogens is 1. The van der Waals surface area contributed by atoms with Gasteiger partial charge < -0.3 is 14.4 Å². The van der Waals surface area contributed by atoms with Gasteiger partial charge in [0.25, 0.3) is 0 Å². The molecule has 6 heteroatoms. The van der Waals surface area contributed by atoms with E-state index in [4.69, 9.17) is 4.74 Å². The molecule has 0 saturated carbocycles. The molecule has 1 heterocycles. The number of imidazole rings is 1. The molecule has 1 N–H and O–H groups in total. The van der Waals surface area contributed by atoms with E-state index in [1.807, 2.05) is 37.3 Å². The molecule has 2 aromatic carbocycles. The highest BCUT2D eigenvalue weighted by Gasteiger charge is 2.24. The Morgan fingerprint density at radius 1 is 1.24 bits per heavy atom. The molecule has 0 saturated heterocycles. The van der Waals surface area contributed by atoms with E-state index < -0.39 is 11.8 Å². The van der Waals surface area contributed by atoms with Crippen LogP contribution in [0.4, 0.5) is 4.39 Å². The standard InChI is InChI=1S/C19H17FN2O3/c1-12(13-6-4-3-5-7-13)22-16(19(23)24)11-21-18(22)15-9-8-14(20)10-17(15)25-2/h3-12H,1-2H3,(H,23,24)/t12-/m1/s1. The summed E-state index contributed by atoms with van der Waals surface area (Å²) in [5.74, 6) is -0.814. The van der Waals surface area contributed by atoms with Crippen LogP contribution in [0.25, 0.3) is 11.4 Å². The van der Waals surface area contributed by atoms with Crippen LogP contribution in [0.5, 0.6) is 5.75 Å². The third-order valence-electron chi connectivity index (χ3n) is 4.09. The highest BCUT2D eigenvalue weighted by molar-refractivity contribution is 5.87. The van der Waals surface area contributed by atoms with Crippen molar-refractivity contribution in [2.24, 2.45) is 0 Å². The van der Waals surface area contributed by atoms with Crippen molar-refractivity contribution in [1.82, 2.24) is 9.55 Å². The number of aromatic carboxylic acids is 1. The summed E-state index contributed by atoms with van der Waals surface area (Å²) >= 11 is 0. The molecule has 0 unspecified atom stereocenters. The van der Waals surface area contributed by atoms with Gasteiger partial charge >= 0.3 is 5.97 Å². The summed E-state index contributed by atoms with van der Waals surface area (Å²) in [5.41, 5.74) is 1.52. The van der Waals surface area contributed by atoms with Crippen LogP contribution in [0.2, 0.25) is 0 Å². The average molecular weight is 340 g/mol. The molecule has 0 radical (unpaired) electrons. The van der Waals surface area contributed by atoms with E-state index in [1.165, 1.54) is 31.5 Å². The van der Waals surface area contributed by atoms with Gasteiger partial charge in [-0.1, -0.05) is 30.3 Å². The minimum atomic E-state index is -1.08. The molecule has 3 rings (SSSR count). The molecular weight excluding hydrogens is 323 g/mol. The summed E-state index contributed by atoms with van der Waals surface area (Å²) in [6.07, 6.45) is 1.31. The van der Waals surface area contributed by atoms with E-state index in [2.05, 4.69) is 4.98 Å². The van der Waals surface area contributed by atoms with Gasteiger partial charge in [-0.15, -0.1) is 0 Å². The number of carbonyl (C=O) groups is 1. The number of methoxy groups -OCH3 is 1. The lowest BCUT2D eigenvalue weighted by molar-refractivity contribution is 0.0684. The van der Waals surface area contributed by atoms with Crippen LogP contribution in [-0.2, 0) is 0 Å². The molecule has 5 nitrogen and oxygen atoms in total. The second kappa shape index (κ2) is 6.76. The van der Waals surface area contributed by atoms with Gasteiger partial charge in [-0.25, -0.2) is 14.2 Å². The smallest absolute Gasteiger partial charge is 0.354 e. The zero-order valence-electron chi connectivity index (χ0n) is 13.8. The molecule has 0 fully saturated rings. The maximum atomic E-state index is 13.5. The van der Waals surface area contributed by atoms with E-state index in [0.717, 1.165) is 5.56 Å². The summed E-state index contributed by atoms with van der Waals surface area (Å²) in [5, 5.41) is 9.54. The van der Waals surface area contributed by atoms with Crippen molar-refractivity contribution in [3.63, 3.8) is 0 Å². The van der Waals surface area contributed by atoms with Crippen molar-refractivity contribution in [3.05, 3.63) is 71.8 Å². The Morgan fingerprint density at radius 2 is 1.96 bits per heavy atom. The molecule has 128 valence electrons. The molecule has 0 amide bonds. The molecule has 0 aliphatic rings. The molecular formula is C19H17FN2O3. The Balaban J connectivity index is 2.21.